The maximum Gasteiger partial charge on any atom is 0.268 e. The number of rotatable bonds is 3. The first-order chi connectivity index (χ1) is 10.5. The highest BCUT2D eigenvalue weighted by molar-refractivity contribution is 6.31. The molecule has 0 fully saturated rings. The first-order valence-electron chi connectivity index (χ1n) is 7.01. The van der Waals surface area contributed by atoms with Gasteiger partial charge in [0.05, 0.1) is 5.69 Å². The largest absolute Gasteiger partial charge is 0.347 e. The van der Waals surface area contributed by atoms with Crippen LogP contribution in [0.5, 0.6) is 0 Å². The summed E-state index contributed by atoms with van der Waals surface area (Å²) in [6.45, 7) is 4.32. The Bertz CT molecular complexity index is 843. The second-order valence-electron chi connectivity index (χ2n) is 5.39. The van der Waals surface area contributed by atoms with E-state index in [-0.39, 0.29) is 5.91 Å². The van der Waals surface area contributed by atoms with Gasteiger partial charge in [-0.3, -0.25) is 9.89 Å². The molecule has 0 saturated heterocycles. The van der Waals surface area contributed by atoms with Crippen LogP contribution in [0.2, 0.25) is 5.02 Å². The Kier molecular flexibility index (Phi) is 3.66. The number of carbonyl (C=O) groups excluding carboxylic acids is 1. The predicted molar refractivity (Wildman–Crippen MR) is 87.2 cm³/mol. The second kappa shape index (κ2) is 5.50. The molecule has 0 aliphatic carbocycles. The molecule has 0 atom stereocenters. The number of H-pyrrole nitrogens is 1. The molecule has 0 aliphatic heterocycles. The van der Waals surface area contributed by atoms with Gasteiger partial charge in [0.25, 0.3) is 5.91 Å². The fourth-order valence-corrected chi connectivity index (χ4v) is 2.81. The van der Waals surface area contributed by atoms with E-state index in [4.69, 9.17) is 11.6 Å². The highest BCUT2D eigenvalue weighted by Gasteiger charge is 2.14. The molecule has 114 valence electrons. The smallest absolute Gasteiger partial charge is 0.268 e. The Morgan fingerprint density at radius 3 is 2.82 bits per heavy atom. The molecule has 3 aromatic rings. The summed E-state index contributed by atoms with van der Waals surface area (Å²) in [6, 6.07) is 7.45. The van der Waals surface area contributed by atoms with E-state index >= 15 is 0 Å². The molecule has 0 aliphatic rings. The van der Waals surface area contributed by atoms with E-state index in [0.29, 0.717) is 17.3 Å². The molecule has 6 heteroatoms. The van der Waals surface area contributed by atoms with Crippen LogP contribution < -0.4 is 5.32 Å². The number of amides is 1. The quantitative estimate of drug-likeness (QED) is 0.780. The Morgan fingerprint density at radius 2 is 2.14 bits per heavy atom. The van der Waals surface area contributed by atoms with Crippen molar-refractivity contribution in [1.82, 2.24) is 20.1 Å². The van der Waals surface area contributed by atoms with E-state index in [0.717, 1.165) is 27.9 Å². The van der Waals surface area contributed by atoms with E-state index in [1.165, 1.54) is 0 Å². The Morgan fingerprint density at radius 1 is 1.36 bits per heavy atom. The highest BCUT2D eigenvalue weighted by atomic mass is 35.5. The molecule has 1 aromatic carbocycles. The van der Waals surface area contributed by atoms with Gasteiger partial charge in [-0.2, -0.15) is 5.10 Å². The van der Waals surface area contributed by atoms with Crippen LogP contribution in [0, 0.1) is 13.8 Å². The zero-order chi connectivity index (χ0) is 15.9. The molecule has 5 nitrogen and oxygen atoms in total. The standard InChI is InChI=1S/C16H17ClN4O/c1-9-13(10(2)20-19-9)8-18-16(22)15-7-11-6-12(17)4-5-14(11)21(15)3/h4-7H,8H2,1-3H3,(H,18,22)(H,19,20). The first-order valence-corrected chi connectivity index (χ1v) is 7.39. The van der Waals surface area contributed by atoms with Crippen LogP contribution in [0.15, 0.2) is 24.3 Å². The number of aromatic nitrogens is 3. The van der Waals surface area contributed by atoms with E-state index < -0.39 is 0 Å². The second-order valence-corrected chi connectivity index (χ2v) is 5.82. The summed E-state index contributed by atoms with van der Waals surface area (Å²) in [5, 5.41) is 11.6. The topological polar surface area (TPSA) is 62.7 Å². The predicted octanol–water partition coefficient (Wildman–Crippen LogP) is 3.10. The molecule has 0 bridgehead atoms. The SMILES string of the molecule is Cc1n[nH]c(C)c1CNC(=O)c1cc2cc(Cl)ccc2n1C. The van der Waals surface area contributed by atoms with Gasteiger partial charge in [0.1, 0.15) is 5.69 Å². The number of hydrogen-bond donors (Lipinski definition) is 2. The van der Waals surface area contributed by atoms with Crippen molar-refractivity contribution >= 4 is 28.4 Å². The average Bonchev–Trinajstić information content (AvgIpc) is 2.97. The fraction of sp³-hybridized carbons (Fsp3) is 0.250. The monoisotopic (exact) mass is 316 g/mol. The van der Waals surface area contributed by atoms with Crippen LogP contribution in [-0.4, -0.2) is 20.7 Å². The van der Waals surface area contributed by atoms with Crippen LogP contribution in [-0.2, 0) is 13.6 Å². The van der Waals surface area contributed by atoms with Gasteiger partial charge in [0.15, 0.2) is 0 Å². The molecule has 0 spiro atoms. The lowest BCUT2D eigenvalue weighted by Gasteiger charge is -2.07. The number of aryl methyl sites for hydroxylation is 3. The molecular weight excluding hydrogens is 300 g/mol. The van der Waals surface area contributed by atoms with E-state index in [2.05, 4.69) is 15.5 Å². The zero-order valence-electron chi connectivity index (χ0n) is 12.7. The molecule has 0 saturated carbocycles. The average molecular weight is 317 g/mol. The summed E-state index contributed by atoms with van der Waals surface area (Å²) < 4.78 is 1.87. The number of aromatic amines is 1. The lowest BCUT2D eigenvalue weighted by molar-refractivity contribution is 0.0943. The summed E-state index contributed by atoms with van der Waals surface area (Å²) >= 11 is 6.00. The lowest BCUT2D eigenvalue weighted by Crippen LogP contribution is -2.25. The van der Waals surface area contributed by atoms with E-state index in [1.807, 2.05) is 49.7 Å². The van der Waals surface area contributed by atoms with Crippen LogP contribution in [0.1, 0.15) is 27.4 Å². The minimum atomic E-state index is -0.116. The Balaban J connectivity index is 1.85. The molecule has 0 radical (unpaired) electrons. The normalized spacial score (nSPS) is 11.1. The van der Waals surface area contributed by atoms with Crippen molar-refractivity contribution in [1.29, 1.82) is 0 Å². The van der Waals surface area contributed by atoms with Crippen LogP contribution >= 0.6 is 11.6 Å². The van der Waals surface area contributed by atoms with Gasteiger partial charge in [-0.05, 0) is 38.1 Å². The summed E-state index contributed by atoms with van der Waals surface area (Å²) in [6.07, 6.45) is 0. The number of benzene rings is 1. The molecule has 2 heterocycles. The lowest BCUT2D eigenvalue weighted by atomic mass is 10.2. The number of nitrogens with zero attached hydrogens (tertiary/aromatic N) is 2. The van der Waals surface area contributed by atoms with Crippen molar-refractivity contribution in [2.75, 3.05) is 0 Å². The molecule has 0 unspecified atom stereocenters. The summed E-state index contributed by atoms with van der Waals surface area (Å²) in [5.41, 5.74) is 4.49. The van der Waals surface area contributed by atoms with Gasteiger partial charge in [-0.1, -0.05) is 11.6 Å². The van der Waals surface area contributed by atoms with Gasteiger partial charge in [0.2, 0.25) is 0 Å². The summed E-state index contributed by atoms with van der Waals surface area (Å²) in [5.74, 6) is -0.116. The van der Waals surface area contributed by atoms with Gasteiger partial charge in [-0.15, -0.1) is 0 Å². The number of carbonyl (C=O) groups is 1. The number of fused-ring (bicyclic) bond motifs is 1. The van der Waals surface area contributed by atoms with Crippen LogP contribution in [0.3, 0.4) is 0 Å². The Labute approximate surface area is 133 Å². The van der Waals surface area contributed by atoms with Gasteiger partial charge >= 0.3 is 0 Å². The third-order valence-corrected chi connectivity index (χ3v) is 4.18. The van der Waals surface area contributed by atoms with Crippen molar-refractivity contribution in [2.24, 2.45) is 7.05 Å². The van der Waals surface area contributed by atoms with E-state index in [1.54, 1.807) is 0 Å². The molecule has 1 amide bonds. The minimum Gasteiger partial charge on any atom is -0.347 e. The molecule has 2 N–H and O–H groups in total. The van der Waals surface area contributed by atoms with Crippen molar-refractivity contribution in [3.63, 3.8) is 0 Å². The Hall–Kier alpha value is -2.27. The van der Waals surface area contributed by atoms with Gasteiger partial charge in [0, 0.05) is 40.8 Å². The van der Waals surface area contributed by atoms with E-state index in [9.17, 15) is 4.79 Å². The van der Waals surface area contributed by atoms with Gasteiger partial charge < -0.3 is 9.88 Å². The minimum absolute atomic E-state index is 0.116. The third-order valence-electron chi connectivity index (χ3n) is 3.94. The highest BCUT2D eigenvalue weighted by Crippen LogP contribution is 2.22. The van der Waals surface area contributed by atoms with Gasteiger partial charge in [-0.25, -0.2) is 0 Å². The molecule has 22 heavy (non-hydrogen) atoms. The maximum absolute atomic E-state index is 12.4. The van der Waals surface area contributed by atoms with Crippen molar-refractivity contribution < 1.29 is 4.79 Å². The molecule has 3 rings (SSSR count). The van der Waals surface area contributed by atoms with Crippen molar-refractivity contribution in [3.05, 3.63) is 51.9 Å². The fourth-order valence-electron chi connectivity index (χ4n) is 2.63. The zero-order valence-corrected chi connectivity index (χ0v) is 13.5. The van der Waals surface area contributed by atoms with Crippen LogP contribution in [0.25, 0.3) is 10.9 Å². The third kappa shape index (κ3) is 2.48. The summed E-state index contributed by atoms with van der Waals surface area (Å²) in [4.78, 5) is 12.4. The first kappa shape index (κ1) is 14.7. The molecule has 2 aromatic heterocycles. The van der Waals surface area contributed by atoms with Crippen molar-refractivity contribution in [2.45, 2.75) is 20.4 Å². The summed E-state index contributed by atoms with van der Waals surface area (Å²) in [7, 11) is 1.87. The maximum atomic E-state index is 12.4. The number of nitrogens with one attached hydrogen (secondary N) is 2. The molecular formula is C16H17ClN4O. The number of halogens is 1. The van der Waals surface area contributed by atoms with Crippen molar-refractivity contribution in [3.8, 4) is 0 Å². The van der Waals surface area contributed by atoms with Crippen LogP contribution in [0.4, 0.5) is 0 Å². The number of hydrogen-bond acceptors (Lipinski definition) is 2.